The number of hydrogen-bond acceptors (Lipinski definition) is 8. The van der Waals surface area contributed by atoms with Crippen molar-refractivity contribution in [1.29, 1.82) is 0 Å². The van der Waals surface area contributed by atoms with Gasteiger partial charge in [-0.2, -0.15) is 9.97 Å². The highest BCUT2D eigenvalue weighted by molar-refractivity contribution is 9.10. The molecule has 2 aliphatic rings. The highest BCUT2D eigenvalue weighted by atomic mass is 79.9. The van der Waals surface area contributed by atoms with E-state index in [1.807, 2.05) is 61.1 Å². The van der Waals surface area contributed by atoms with Crippen LogP contribution in [0, 0.1) is 51.0 Å². The number of pyridine rings is 2. The first-order valence-electron chi connectivity index (χ1n) is 17.5. The van der Waals surface area contributed by atoms with Crippen molar-refractivity contribution in [1.82, 2.24) is 29.1 Å². The standard InChI is InChI=1S/C20H17BrF2N4O.C20H18F2N4O/c1-10-3-4-15(11(2)24-10)25-20-26-19(28)18(21)17-6-5-16(27(17)20)12-7-13(22)9-14(23)8-12;1-11-3-5-17(12(2)23-11)24-20-25-19(27)10-16-4-6-18(26(16)20)13-7-14(21)9-15(22)8-13/h3-4,7-9,16H,5-6H2,1-2H3,(H,25,26,28);3,5,7-10,18H,4,6H2,1-2H3,(H,24,25,27). The molecule has 2 unspecified atom stereocenters. The number of fused-ring (bicyclic) bond motifs is 2. The molecule has 55 heavy (non-hydrogen) atoms. The lowest BCUT2D eigenvalue weighted by molar-refractivity contribution is 0.558. The molecule has 282 valence electrons. The Labute approximate surface area is 321 Å². The average Bonchev–Trinajstić information content (AvgIpc) is 3.75. The van der Waals surface area contributed by atoms with Crippen LogP contribution >= 0.6 is 15.9 Å². The topological polar surface area (TPSA) is 120 Å². The van der Waals surface area contributed by atoms with Gasteiger partial charge in [0.15, 0.2) is 0 Å². The Morgan fingerprint density at radius 3 is 1.60 bits per heavy atom. The summed E-state index contributed by atoms with van der Waals surface area (Å²) in [6.45, 7) is 7.51. The molecule has 15 heteroatoms. The smallest absolute Gasteiger partial charge is 0.289 e. The Morgan fingerprint density at radius 1 is 0.618 bits per heavy atom. The molecule has 0 radical (unpaired) electrons. The zero-order valence-electron chi connectivity index (χ0n) is 30.2. The summed E-state index contributed by atoms with van der Waals surface area (Å²) in [6, 6.07) is 15.3. The second-order valence-corrected chi connectivity index (χ2v) is 14.4. The molecule has 0 aliphatic carbocycles. The Kier molecular flexibility index (Phi) is 10.4. The summed E-state index contributed by atoms with van der Waals surface area (Å²) < 4.78 is 59.1. The predicted molar refractivity (Wildman–Crippen MR) is 204 cm³/mol. The molecule has 0 spiro atoms. The molecule has 0 saturated heterocycles. The van der Waals surface area contributed by atoms with E-state index >= 15 is 0 Å². The molecule has 4 aromatic heterocycles. The van der Waals surface area contributed by atoms with Crippen LogP contribution in [0.2, 0.25) is 0 Å². The summed E-state index contributed by atoms with van der Waals surface area (Å²) in [4.78, 5) is 41.5. The van der Waals surface area contributed by atoms with Gasteiger partial charge in [-0.15, -0.1) is 0 Å². The number of hydrogen-bond donors (Lipinski definition) is 2. The molecule has 6 heterocycles. The van der Waals surface area contributed by atoms with E-state index < -0.39 is 28.8 Å². The second kappa shape index (κ2) is 15.2. The van der Waals surface area contributed by atoms with Crippen LogP contribution in [0.4, 0.5) is 40.8 Å². The zero-order chi connectivity index (χ0) is 39.1. The van der Waals surface area contributed by atoms with Crippen molar-refractivity contribution in [2.75, 3.05) is 10.6 Å². The van der Waals surface area contributed by atoms with Crippen molar-refractivity contribution in [3.63, 3.8) is 0 Å². The lowest BCUT2D eigenvalue weighted by Crippen LogP contribution is -2.21. The monoisotopic (exact) mass is 814 g/mol. The maximum Gasteiger partial charge on any atom is 0.289 e. The van der Waals surface area contributed by atoms with Crippen molar-refractivity contribution in [3.8, 4) is 0 Å². The normalized spacial score (nSPS) is 15.6. The Balaban J connectivity index is 0.000000169. The largest absolute Gasteiger partial charge is 0.324 e. The number of anilines is 4. The minimum atomic E-state index is -0.635. The molecular formula is C40H35BrF4N8O2. The third-order valence-corrected chi connectivity index (χ3v) is 10.4. The number of aromatic nitrogens is 6. The number of aryl methyl sites for hydroxylation is 5. The van der Waals surface area contributed by atoms with Gasteiger partial charge >= 0.3 is 0 Å². The van der Waals surface area contributed by atoms with Crippen molar-refractivity contribution >= 4 is 39.2 Å². The molecule has 8 rings (SSSR count). The molecule has 0 amide bonds. The molecule has 10 nitrogen and oxygen atoms in total. The highest BCUT2D eigenvalue weighted by Gasteiger charge is 2.31. The van der Waals surface area contributed by atoms with Crippen LogP contribution in [0.1, 0.15) is 70.2 Å². The first-order valence-corrected chi connectivity index (χ1v) is 18.3. The van der Waals surface area contributed by atoms with Crippen molar-refractivity contribution < 1.29 is 17.6 Å². The van der Waals surface area contributed by atoms with E-state index in [2.05, 4.69) is 46.5 Å². The third-order valence-electron chi connectivity index (χ3n) is 9.65. The van der Waals surface area contributed by atoms with E-state index in [4.69, 9.17) is 0 Å². The van der Waals surface area contributed by atoms with E-state index in [9.17, 15) is 27.2 Å². The van der Waals surface area contributed by atoms with Gasteiger partial charge in [-0.05, 0) is 129 Å². The van der Waals surface area contributed by atoms with Gasteiger partial charge in [0.2, 0.25) is 11.9 Å². The molecular weight excluding hydrogens is 780 g/mol. The summed E-state index contributed by atoms with van der Waals surface area (Å²) in [5.41, 5.74) is 6.53. The van der Waals surface area contributed by atoms with Gasteiger partial charge in [-0.3, -0.25) is 19.6 Å². The number of rotatable bonds is 6. The fourth-order valence-corrected chi connectivity index (χ4v) is 7.72. The predicted octanol–water partition coefficient (Wildman–Crippen LogP) is 8.39. The number of halogens is 5. The van der Waals surface area contributed by atoms with Gasteiger partial charge < -0.3 is 19.8 Å². The van der Waals surface area contributed by atoms with Gasteiger partial charge in [0.1, 0.15) is 27.7 Å². The first kappa shape index (κ1) is 37.6. The fourth-order valence-electron chi connectivity index (χ4n) is 7.24. The molecule has 0 fully saturated rings. The van der Waals surface area contributed by atoms with E-state index in [1.165, 1.54) is 30.3 Å². The molecule has 0 saturated carbocycles. The van der Waals surface area contributed by atoms with Gasteiger partial charge in [-0.1, -0.05) is 0 Å². The van der Waals surface area contributed by atoms with Crippen LogP contribution < -0.4 is 21.8 Å². The molecule has 2 aliphatic heterocycles. The van der Waals surface area contributed by atoms with Crippen LogP contribution in [0.25, 0.3) is 0 Å². The molecule has 2 N–H and O–H groups in total. The second-order valence-electron chi connectivity index (χ2n) is 13.6. The summed E-state index contributed by atoms with van der Waals surface area (Å²) in [5.74, 6) is -1.85. The van der Waals surface area contributed by atoms with E-state index in [1.54, 1.807) is 0 Å². The van der Waals surface area contributed by atoms with Gasteiger partial charge in [0, 0.05) is 41.0 Å². The molecule has 2 atom stereocenters. The van der Waals surface area contributed by atoms with Gasteiger partial charge in [0.05, 0.1) is 34.8 Å². The lowest BCUT2D eigenvalue weighted by Gasteiger charge is -2.21. The maximum absolute atomic E-state index is 13.8. The summed E-state index contributed by atoms with van der Waals surface area (Å²) in [7, 11) is 0. The Hall–Kier alpha value is -5.70. The van der Waals surface area contributed by atoms with E-state index in [-0.39, 0.29) is 17.6 Å². The van der Waals surface area contributed by atoms with Gasteiger partial charge in [-0.25, -0.2) is 17.6 Å². The minimum absolute atomic E-state index is 0.306. The number of nitrogens with one attached hydrogen (secondary N) is 2. The summed E-state index contributed by atoms with van der Waals surface area (Å²) in [5, 5.41) is 6.35. The van der Waals surface area contributed by atoms with Crippen LogP contribution in [0.3, 0.4) is 0 Å². The first-order chi connectivity index (χ1) is 26.2. The zero-order valence-corrected chi connectivity index (χ0v) is 31.8. The molecule has 6 aromatic rings. The lowest BCUT2D eigenvalue weighted by atomic mass is 10.0. The fraction of sp³-hybridized carbons (Fsp3) is 0.250. The van der Waals surface area contributed by atoms with Crippen LogP contribution in [-0.2, 0) is 12.8 Å². The average molecular weight is 816 g/mol. The van der Waals surface area contributed by atoms with Crippen LogP contribution in [0.15, 0.2) is 80.8 Å². The maximum atomic E-state index is 13.8. The van der Waals surface area contributed by atoms with Crippen molar-refractivity contribution in [3.05, 3.63) is 160 Å². The summed E-state index contributed by atoms with van der Waals surface area (Å²) in [6.07, 6.45) is 2.45. The van der Waals surface area contributed by atoms with Crippen LogP contribution in [-0.4, -0.2) is 29.1 Å². The van der Waals surface area contributed by atoms with E-state index in [0.29, 0.717) is 58.9 Å². The number of nitrogens with zero attached hydrogens (tertiary/aromatic N) is 6. The van der Waals surface area contributed by atoms with Crippen LogP contribution in [0.5, 0.6) is 0 Å². The van der Waals surface area contributed by atoms with Crippen molar-refractivity contribution in [2.24, 2.45) is 0 Å². The van der Waals surface area contributed by atoms with Crippen molar-refractivity contribution in [2.45, 2.75) is 65.5 Å². The Morgan fingerprint density at radius 2 is 1.09 bits per heavy atom. The molecule has 0 bridgehead atoms. The Bertz CT molecular complexity index is 2560. The number of benzene rings is 2. The quantitative estimate of drug-likeness (QED) is 0.161. The van der Waals surface area contributed by atoms with E-state index in [0.717, 1.165) is 52.0 Å². The highest BCUT2D eigenvalue weighted by Crippen LogP contribution is 2.38. The SMILES string of the molecule is Cc1ccc(Nc2nc(=O)c(Br)c3n2C(c2cc(F)cc(F)c2)CC3)c(C)n1.Cc1ccc(Nc2nc(=O)cc3n2C(c2cc(F)cc(F)c2)CC3)c(C)n1. The minimum Gasteiger partial charge on any atom is -0.324 e. The summed E-state index contributed by atoms with van der Waals surface area (Å²) >= 11 is 3.32. The van der Waals surface area contributed by atoms with Gasteiger partial charge in [0.25, 0.3) is 11.1 Å². The molecule has 2 aromatic carbocycles. The third kappa shape index (κ3) is 7.93.